The number of carbonyl (C=O) groups is 2. The summed E-state index contributed by atoms with van der Waals surface area (Å²) < 4.78 is 7.06. The van der Waals surface area contributed by atoms with E-state index in [1.807, 2.05) is 60.2 Å². The molecular formula is C23H20ClNO4. The molecule has 0 unspecified atom stereocenters. The molecule has 0 saturated heterocycles. The Morgan fingerprint density at radius 2 is 1.90 bits per heavy atom. The van der Waals surface area contributed by atoms with Crippen LogP contribution in [0.25, 0.3) is 6.08 Å². The number of aromatic nitrogens is 1. The van der Waals surface area contributed by atoms with Crippen LogP contribution in [0, 0.1) is 6.92 Å². The van der Waals surface area contributed by atoms with E-state index in [9.17, 15) is 9.59 Å². The average Bonchev–Trinajstić information content (AvgIpc) is 3.16. The van der Waals surface area contributed by atoms with Crippen molar-refractivity contribution in [2.45, 2.75) is 13.5 Å². The van der Waals surface area contributed by atoms with Crippen LogP contribution >= 0.6 is 11.6 Å². The summed E-state index contributed by atoms with van der Waals surface area (Å²) in [6.45, 7) is 2.03. The molecule has 148 valence electrons. The van der Waals surface area contributed by atoms with E-state index in [0.717, 1.165) is 11.1 Å². The maximum absolute atomic E-state index is 12.8. The zero-order valence-electron chi connectivity index (χ0n) is 15.8. The lowest BCUT2D eigenvalue weighted by atomic mass is 10.1. The number of aryl methyl sites for hydroxylation is 1. The highest BCUT2D eigenvalue weighted by Gasteiger charge is 2.12. The van der Waals surface area contributed by atoms with Crippen molar-refractivity contribution in [3.8, 4) is 5.75 Å². The van der Waals surface area contributed by atoms with Crippen LogP contribution in [0.2, 0.25) is 5.02 Å². The normalized spacial score (nSPS) is 11.0. The van der Waals surface area contributed by atoms with Crippen molar-refractivity contribution < 1.29 is 19.4 Å². The van der Waals surface area contributed by atoms with Gasteiger partial charge in [-0.3, -0.25) is 4.79 Å². The van der Waals surface area contributed by atoms with Crippen molar-refractivity contribution in [3.05, 3.63) is 94.3 Å². The number of ether oxygens (including phenoxy) is 1. The summed E-state index contributed by atoms with van der Waals surface area (Å²) in [6, 6.07) is 16.3. The molecule has 1 heterocycles. The van der Waals surface area contributed by atoms with E-state index in [2.05, 4.69) is 0 Å². The highest BCUT2D eigenvalue weighted by atomic mass is 35.5. The number of nitrogens with zero attached hydrogens (tertiary/aromatic N) is 1. The second kappa shape index (κ2) is 9.26. The summed E-state index contributed by atoms with van der Waals surface area (Å²) >= 11 is 6.03. The standard InChI is InChI=1S/C23H20ClNO4/c1-16-6-9-18(10-7-16)23(28)20-5-3-13-25(20)12-2-4-17-8-11-19(24)21(14-17)29-15-22(26)27/h2-11,13-14H,12,15H2,1H3,(H,26,27)/b4-2+. The number of allylic oxidation sites excluding steroid dienone is 1. The fourth-order valence-corrected chi connectivity index (χ4v) is 2.98. The van der Waals surface area contributed by atoms with E-state index in [4.69, 9.17) is 21.4 Å². The fourth-order valence-electron chi connectivity index (χ4n) is 2.81. The predicted molar refractivity (Wildman–Crippen MR) is 113 cm³/mol. The number of carbonyl (C=O) groups excluding carboxylic acids is 1. The number of rotatable bonds is 8. The lowest BCUT2D eigenvalue weighted by Gasteiger charge is -2.07. The molecule has 0 saturated carbocycles. The van der Waals surface area contributed by atoms with Crippen LogP contribution in [0.1, 0.15) is 27.2 Å². The first kappa shape index (κ1) is 20.4. The van der Waals surface area contributed by atoms with Gasteiger partial charge >= 0.3 is 5.97 Å². The van der Waals surface area contributed by atoms with Gasteiger partial charge in [0.05, 0.1) is 10.7 Å². The molecule has 29 heavy (non-hydrogen) atoms. The monoisotopic (exact) mass is 409 g/mol. The minimum absolute atomic E-state index is 0.0285. The Kier molecular flexibility index (Phi) is 6.52. The van der Waals surface area contributed by atoms with Crippen molar-refractivity contribution >= 4 is 29.4 Å². The number of carboxylic acid groups (broad SMARTS) is 1. The van der Waals surface area contributed by atoms with Gasteiger partial charge in [0.15, 0.2) is 6.61 Å². The Hall–Kier alpha value is -3.31. The first-order valence-electron chi connectivity index (χ1n) is 9.01. The smallest absolute Gasteiger partial charge is 0.341 e. The third-order valence-corrected chi connectivity index (χ3v) is 4.61. The number of hydrogen-bond donors (Lipinski definition) is 1. The minimum atomic E-state index is -1.07. The van der Waals surface area contributed by atoms with Crippen molar-refractivity contribution in [3.63, 3.8) is 0 Å². The van der Waals surface area contributed by atoms with Crippen LogP contribution < -0.4 is 4.74 Å². The molecule has 0 aliphatic heterocycles. The van der Waals surface area contributed by atoms with Gasteiger partial charge < -0.3 is 14.4 Å². The van der Waals surface area contributed by atoms with Crippen molar-refractivity contribution in [2.75, 3.05) is 6.61 Å². The van der Waals surface area contributed by atoms with Gasteiger partial charge in [-0.05, 0) is 36.8 Å². The number of ketones is 1. The molecule has 0 bridgehead atoms. The van der Waals surface area contributed by atoms with Crippen LogP contribution in [0.3, 0.4) is 0 Å². The topological polar surface area (TPSA) is 68.5 Å². The maximum atomic E-state index is 12.8. The van der Waals surface area contributed by atoms with E-state index in [-0.39, 0.29) is 5.78 Å². The zero-order chi connectivity index (χ0) is 20.8. The third kappa shape index (κ3) is 5.36. The van der Waals surface area contributed by atoms with Gasteiger partial charge in [0.25, 0.3) is 0 Å². The van der Waals surface area contributed by atoms with Crippen molar-refractivity contribution in [1.82, 2.24) is 4.57 Å². The van der Waals surface area contributed by atoms with E-state index in [1.54, 1.807) is 24.3 Å². The zero-order valence-corrected chi connectivity index (χ0v) is 16.6. The largest absolute Gasteiger partial charge is 0.480 e. The third-order valence-electron chi connectivity index (χ3n) is 4.29. The summed E-state index contributed by atoms with van der Waals surface area (Å²) in [7, 11) is 0. The molecule has 0 amide bonds. The molecule has 3 aromatic rings. The summed E-state index contributed by atoms with van der Waals surface area (Å²) in [5.41, 5.74) is 3.18. The Bertz CT molecular complexity index is 1050. The predicted octanol–water partition coefficient (Wildman–Crippen LogP) is 4.86. The number of benzene rings is 2. The van der Waals surface area contributed by atoms with Gasteiger partial charge in [-0.25, -0.2) is 4.79 Å². The highest BCUT2D eigenvalue weighted by Crippen LogP contribution is 2.26. The lowest BCUT2D eigenvalue weighted by Crippen LogP contribution is -2.09. The molecule has 5 nitrogen and oxygen atoms in total. The minimum Gasteiger partial charge on any atom is -0.480 e. The van der Waals surface area contributed by atoms with Gasteiger partial charge in [0, 0.05) is 18.3 Å². The first-order valence-corrected chi connectivity index (χ1v) is 9.39. The van der Waals surface area contributed by atoms with Crippen LogP contribution in [0.15, 0.2) is 66.9 Å². The first-order chi connectivity index (χ1) is 13.9. The summed E-state index contributed by atoms with van der Waals surface area (Å²) in [6.07, 6.45) is 5.63. The summed E-state index contributed by atoms with van der Waals surface area (Å²) in [5.74, 6) is -0.785. The molecule has 0 aliphatic carbocycles. The van der Waals surface area contributed by atoms with Crippen LogP contribution in [-0.2, 0) is 11.3 Å². The molecule has 2 aromatic carbocycles. The van der Waals surface area contributed by atoms with E-state index in [1.165, 1.54) is 0 Å². The average molecular weight is 410 g/mol. The quantitative estimate of drug-likeness (QED) is 0.539. The Labute approximate surface area is 173 Å². The van der Waals surface area contributed by atoms with Crippen molar-refractivity contribution in [2.24, 2.45) is 0 Å². The van der Waals surface area contributed by atoms with Crippen LogP contribution in [0.4, 0.5) is 0 Å². The Balaban J connectivity index is 1.71. The van der Waals surface area contributed by atoms with Crippen molar-refractivity contribution in [1.29, 1.82) is 0 Å². The second-order valence-electron chi connectivity index (χ2n) is 6.52. The van der Waals surface area contributed by atoms with E-state index < -0.39 is 12.6 Å². The number of hydrogen-bond acceptors (Lipinski definition) is 3. The van der Waals surface area contributed by atoms with Gasteiger partial charge in [-0.1, -0.05) is 59.6 Å². The molecular weight excluding hydrogens is 390 g/mol. The molecule has 0 atom stereocenters. The summed E-state index contributed by atoms with van der Waals surface area (Å²) in [5, 5.41) is 9.08. The Morgan fingerprint density at radius 1 is 1.14 bits per heavy atom. The van der Waals surface area contributed by atoms with Gasteiger partial charge in [-0.15, -0.1) is 0 Å². The summed E-state index contributed by atoms with van der Waals surface area (Å²) in [4.78, 5) is 23.4. The molecule has 6 heteroatoms. The molecule has 1 N–H and O–H groups in total. The molecule has 0 aliphatic rings. The molecule has 1 aromatic heterocycles. The van der Waals surface area contributed by atoms with Gasteiger partial charge in [0.1, 0.15) is 5.75 Å². The number of halogens is 1. The highest BCUT2D eigenvalue weighted by molar-refractivity contribution is 6.32. The Morgan fingerprint density at radius 3 is 2.62 bits per heavy atom. The molecule has 3 rings (SSSR count). The fraction of sp³-hybridized carbons (Fsp3) is 0.130. The lowest BCUT2D eigenvalue weighted by molar-refractivity contribution is -0.139. The molecule has 0 fully saturated rings. The number of aliphatic carboxylic acids is 1. The SMILES string of the molecule is Cc1ccc(C(=O)c2cccn2C/C=C/c2ccc(Cl)c(OCC(=O)O)c2)cc1. The molecule has 0 spiro atoms. The maximum Gasteiger partial charge on any atom is 0.341 e. The van der Waals surface area contributed by atoms with Gasteiger partial charge in [0.2, 0.25) is 5.78 Å². The van der Waals surface area contributed by atoms with E-state index in [0.29, 0.717) is 28.6 Å². The van der Waals surface area contributed by atoms with Crippen LogP contribution in [0.5, 0.6) is 5.75 Å². The number of carboxylic acids is 1. The second-order valence-corrected chi connectivity index (χ2v) is 6.92. The van der Waals surface area contributed by atoms with Gasteiger partial charge in [-0.2, -0.15) is 0 Å². The van der Waals surface area contributed by atoms with Crippen LogP contribution in [-0.4, -0.2) is 28.0 Å². The molecule has 0 radical (unpaired) electrons. The van der Waals surface area contributed by atoms with E-state index >= 15 is 0 Å².